The number of aromatic amines is 1. The highest BCUT2D eigenvalue weighted by Gasteiger charge is 2.15. The molecule has 0 aliphatic rings. The van der Waals surface area contributed by atoms with E-state index in [-0.39, 0.29) is 18.6 Å². The van der Waals surface area contributed by atoms with E-state index < -0.39 is 0 Å². The highest BCUT2D eigenvalue weighted by atomic mass is 16.5. The Morgan fingerprint density at radius 1 is 1.45 bits per heavy atom. The van der Waals surface area contributed by atoms with Gasteiger partial charge in [0, 0.05) is 18.2 Å². The third-order valence-corrected chi connectivity index (χ3v) is 3.49. The summed E-state index contributed by atoms with van der Waals surface area (Å²) in [6, 6.07) is 9.15. The van der Waals surface area contributed by atoms with E-state index in [0.29, 0.717) is 17.8 Å². The molecule has 0 bridgehead atoms. The summed E-state index contributed by atoms with van der Waals surface area (Å²) in [4.78, 5) is 12.2. The lowest BCUT2D eigenvalue weighted by Gasteiger charge is -2.14. The number of carbonyl (C=O) groups is 1. The average molecular weight is 303 g/mol. The Morgan fingerprint density at radius 3 is 2.95 bits per heavy atom. The fraction of sp³-hybridized carbons (Fsp3) is 0.375. The van der Waals surface area contributed by atoms with Crippen LogP contribution < -0.4 is 10.1 Å². The van der Waals surface area contributed by atoms with Gasteiger partial charge in [-0.25, -0.2) is 0 Å². The number of methoxy groups -OCH3 is 1. The predicted molar refractivity (Wildman–Crippen MR) is 83.8 cm³/mol. The van der Waals surface area contributed by atoms with E-state index in [1.807, 2.05) is 31.2 Å². The molecule has 1 heterocycles. The number of aliphatic hydroxyl groups excluding tert-OH is 1. The number of benzene rings is 1. The van der Waals surface area contributed by atoms with E-state index in [2.05, 4.69) is 15.5 Å². The first-order valence-corrected chi connectivity index (χ1v) is 7.29. The number of nitrogens with zero attached hydrogens (tertiary/aromatic N) is 1. The molecule has 0 aliphatic carbocycles. The van der Waals surface area contributed by atoms with Gasteiger partial charge in [-0.15, -0.1) is 0 Å². The summed E-state index contributed by atoms with van der Waals surface area (Å²) in [5.41, 5.74) is 1.95. The maximum Gasteiger partial charge on any atom is 0.269 e. The number of rotatable bonds is 7. The third-order valence-electron chi connectivity index (χ3n) is 3.49. The van der Waals surface area contributed by atoms with Crippen molar-refractivity contribution >= 4 is 5.91 Å². The van der Waals surface area contributed by atoms with Crippen LogP contribution in [0.15, 0.2) is 30.3 Å². The topological polar surface area (TPSA) is 87.2 Å². The normalized spacial score (nSPS) is 12.0. The zero-order chi connectivity index (χ0) is 15.9. The van der Waals surface area contributed by atoms with Crippen LogP contribution in [0.1, 0.15) is 30.3 Å². The van der Waals surface area contributed by atoms with Crippen molar-refractivity contribution in [2.45, 2.75) is 25.8 Å². The standard InChI is InChI=1S/C16H21N3O3/c1-3-12(7-8-20)17-16(21)15-10-14(18-19-15)11-5-4-6-13(9-11)22-2/h4-6,9-10,12,20H,3,7-8H2,1-2H3,(H,17,21)(H,18,19). The van der Waals surface area contributed by atoms with E-state index in [0.717, 1.165) is 17.7 Å². The minimum atomic E-state index is -0.220. The summed E-state index contributed by atoms with van der Waals surface area (Å²) in [5, 5.41) is 18.8. The van der Waals surface area contributed by atoms with Crippen LogP contribution in [0.3, 0.4) is 0 Å². The largest absolute Gasteiger partial charge is 0.497 e. The molecule has 2 rings (SSSR count). The second-order valence-corrected chi connectivity index (χ2v) is 4.99. The van der Waals surface area contributed by atoms with Crippen molar-refractivity contribution in [1.29, 1.82) is 0 Å². The fourth-order valence-electron chi connectivity index (χ4n) is 2.17. The summed E-state index contributed by atoms with van der Waals surface area (Å²) in [6.45, 7) is 2.02. The number of hydrogen-bond acceptors (Lipinski definition) is 4. The van der Waals surface area contributed by atoms with Gasteiger partial charge in [-0.2, -0.15) is 5.10 Å². The first kappa shape index (κ1) is 16.0. The second-order valence-electron chi connectivity index (χ2n) is 4.99. The number of hydrogen-bond donors (Lipinski definition) is 3. The number of carbonyl (C=O) groups excluding carboxylic acids is 1. The SMILES string of the molecule is CCC(CCO)NC(=O)c1cc(-c2cccc(OC)c2)n[nH]1. The quantitative estimate of drug-likeness (QED) is 0.730. The van der Waals surface area contributed by atoms with Crippen LogP contribution in [0.2, 0.25) is 0 Å². The monoisotopic (exact) mass is 303 g/mol. The third kappa shape index (κ3) is 3.85. The highest BCUT2D eigenvalue weighted by molar-refractivity contribution is 5.93. The minimum Gasteiger partial charge on any atom is -0.497 e. The zero-order valence-electron chi connectivity index (χ0n) is 12.8. The van der Waals surface area contributed by atoms with Gasteiger partial charge in [0.05, 0.1) is 12.8 Å². The maximum atomic E-state index is 12.2. The summed E-state index contributed by atoms with van der Waals surface area (Å²) in [5.74, 6) is 0.516. The van der Waals surface area contributed by atoms with Crippen molar-refractivity contribution in [3.05, 3.63) is 36.0 Å². The number of ether oxygens (including phenoxy) is 1. The average Bonchev–Trinajstić information content (AvgIpc) is 3.04. The molecular formula is C16H21N3O3. The molecule has 6 heteroatoms. The zero-order valence-corrected chi connectivity index (χ0v) is 12.8. The maximum absolute atomic E-state index is 12.2. The van der Waals surface area contributed by atoms with Crippen LogP contribution in [0, 0.1) is 0 Å². The van der Waals surface area contributed by atoms with E-state index in [1.165, 1.54) is 0 Å². The van der Waals surface area contributed by atoms with Crippen molar-refractivity contribution in [3.8, 4) is 17.0 Å². The lowest BCUT2D eigenvalue weighted by atomic mass is 10.1. The lowest BCUT2D eigenvalue weighted by molar-refractivity contribution is 0.0924. The molecule has 1 amide bonds. The molecule has 2 aromatic rings. The van der Waals surface area contributed by atoms with Gasteiger partial charge < -0.3 is 15.2 Å². The summed E-state index contributed by atoms with van der Waals surface area (Å²) in [6.07, 6.45) is 1.31. The fourth-order valence-corrected chi connectivity index (χ4v) is 2.17. The van der Waals surface area contributed by atoms with Crippen molar-refractivity contribution in [2.75, 3.05) is 13.7 Å². The van der Waals surface area contributed by atoms with Gasteiger partial charge in [0.1, 0.15) is 11.4 Å². The molecule has 1 atom stereocenters. The van der Waals surface area contributed by atoms with Crippen molar-refractivity contribution < 1.29 is 14.6 Å². The van der Waals surface area contributed by atoms with Crippen molar-refractivity contribution in [2.24, 2.45) is 0 Å². The molecule has 6 nitrogen and oxygen atoms in total. The molecule has 0 saturated carbocycles. The van der Waals surface area contributed by atoms with Crippen LogP contribution in [0.25, 0.3) is 11.3 Å². The molecular weight excluding hydrogens is 282 g/mol. The van der Waals surface area contributed by atoms with Crippen molar-refractivity contribution in [1.82, 2.24) is 15.5 Å². The molecule has 0 spiro atoms. The van der Waals surface area contributed by atoms with E-state index >= 15 is 0 Å². The minimum absolute atomic E-state index is 0.0407. The molecule has 3 N–H and O–H groups in total. The Bertz CT molecular complexity index is 625. The van der Waals surface area contributed by atoms with Crippen LogP contribution in [-0.4, -0.2) is 41.0 Å². The summed E-state index contributed by atoms with van der Waals surface area (Å²) in [7, 11) is 1.61. The number of H-pyrrole nitrogens is 1. The Kier molecular flexibility index (Phi) is 5.55. The Balaban J connectivity index is 2.11. The van der Waals surface area contributed by atoms with Gasteiger partial charge >= 0.3 is 0 Å². The van der Waals surface area contributed by atoms with E-state index in [4.69, 9.17) is 9.84 Å². The summed E-state index contributed by atoms with van der Waals surface area (Å²) < 4.78 is 5.18. The molecule has 1 aromatic heterocycles. The summed E-state index contributed by atoms with van der Waals surface area (Å²) >= 11 is 0. The predicted octanol–water partition coefficient (Wildman–Crippen LogP) is 1.98. The highest BCUT2D eigenvalue weighted by Crippen LogP contribution is 2.22. The first-order chi connectivity index (χ1) is 10.7. The van der Waals surface area contributed by atoms with Crippen LogP contribution in [-0.2, 0) is 0 Å². The van der Waals surface area contributed by atoms with Gasteiger partial charge in [0.15, 0.2) is 0 Å². The molecule has 1 aromatic carbocycles. The molecule has 0 aliphatic heterocycles. The molecule has 0 saturated heterocycles. The molecule has 0 fully saturated rings. The van der Waals surface area contributed by atoms with E-state index in [1.54, 1.807) is 13.2 Å². The number of nitrogens with one attached hydrogen (secondary N) is 2. The van der Waals surface area contributed by atoms with Gasteiger partial charge in [-0.05, 0) is 31.0 Å². The van der Waals surface area contributed by atoms with Crippen LogP contribution in [0.5, 0.6) is 5.75 Å². The lowest BCUT2D eigenvalue weighted by Crippen LogP contribution is -2.35. The Morgan fingerprint density at radius 2 is 2.27 bits per heavy atom. The van der Waals surface area contributed by atoms with Gasteiger partial charge in [0.25, 0.3) is 5.91 Å². The number of aromatic nitrogens is 2. The second kappa shape index (κ2) is 7.61. The van der Waals surface area contributed by atoms with Gasteiger partial charge in [-0.3, -0.25) is 9.89 Å². The molecule has 0 radical (unpaired) electrons. The van der Waals surface area contributed by atoms with E-state index in [9.17, 15) is 4.79 Å². The Hall–Kier alpha value is -2.34. The van der Waals surface area contributed by atoms with Gasteiger partial charge in [0.2, 0.25) is 0 Å². The Labute approximate surface area is 129 Å². The number of amides is 1. The van der Waals surface area contributed by atoms with Gasteiger partial charge in [-0.1, -0.05) is 19.1 Å². The van der Waals surface area contributed by atoms with Crippen LogP contribution in [0.4, 0.5) is 0 Å². The van der Waals surface area contributed by atoms with Crippen molar-refractivity contribution in [3.63, 3.8) is 0 Å². The van der Waals surface area contributed by atoms with Crippen LogP contribution >= 0.6 is 0 Å². The smallest absolute Gasteiger partial charge is 0.269 e. The molecule has 118 valence electrons. The first-order valence-electron chi connectivity index (χ1n) is 7.29. The molecule has 22 heavy (non-hydrogen) atoms. The number of aliphatic hydroxyl groups is 1. The molecule has 1 unspecified atom stereocenters.